The Morgan fingerprint density at radius 1 is 1.03 bits per heavy atom. The summed E-state index contributed by atoms with van der Waals surface area (Å²) in [5.41, 5.74) is 5.50. The lowest BCUT2D eigenvalue weighted by Gasteiger charge is -2.32. The molecule has 2 aromatic heterocycles. The van der Waals surface area contributed by atoms with E-state index in [2.05, 4.69) is 44.3 Å². The van der Waals surface area contributed by atoms with E-state index in [-0.39, 0.29) is 11.3 Å². The van der Waals surface area contributed by atoms with Crippen LogP contribution in [0.2, 0.25) is 0 Å². The Hall–Kier alpha value is -4.27. The lowest BCUT2D eigenvalue weighted by atomic mass is 10.1. The molecule has 1 aliphatic rings. The second-order valence-electron chi connectivity index (χ2n) is 10.0. The number of H-pyrrole nitrogens is 1. The molecule has 5 aromatic rings. The summed E-state index contributed by atoms with van der Waals surface area (Å²) < 4.78 is 5.68. The van der Waals surface area contributed by atoms with Crippen LogP contribution in [0.1, 0.15) is 21.5 Å². The van der Waals surface area contributed by atoms with Crippen molar-refractivity contribution in [3.8, 4) is 11.4 Å². The first-order valence-electron chi connectivity index (χ1n) is 12.8. The SMILES string of the molecule is Cc1ccc2occ(-c3nc4ccc(C(=O)Nc5ccc(CN6CCN(C)CC6)cc5)cc4[nH]3)c(=O)c2c1. The Labute approximate surface area is 219 Å². The van der Waals surface area contributed by atoms with Crippen molar-refractivity contribution in [2.45, 2.75) is 13.5 Å². The van der Waals surface area contributed by atoms with E-state index >= 15 is 0 Å². The van der Waals surface area contributed by atoms with Crippen molar-refractivity contribution in [1.29, 1.82) is 0 Å². The van der Waals surface area contributed by atoms with Crippen LogP contribution < -0.4 is 10.7 Å². The molecule has 0 bridgehead atoms. The van der Waals surface area contributed by atoms with E-state index in [4.69, 9.17) is 4.42 Å². The Morgan fingerprint density at radius 2 is 1.82 bits per heavy atom. The summed E-state index contributed by atoms with van der Waals surface area (Å²) in [5.74, 6) is 0.196. The van der Waals surface area contributed by atoms with Crippen LogP contribution in [-0.4, -0.2) is 58.9 Å². The molecular formula is C30H29N5O3. The highest BCUT2D eigenvalue weighted by atomic mass is 16.3. The van der Waals surface area contributed by atoms with Crippen molar-refractivity contribution < 1.29 is 9.21 Å². The number of carbonyl (C=O) groups is 1. The number of fused-ring (bicyclic) bond motifs is 2. The summed E-state index contributed by atoms with van der Waals surface area (Å²) >= 11 is 0. The molecule has 0 saturated carbocycles. The number of amides is 1. The molecule has 3 heterocycles. The molecule has 1 aliphatic heterocycles. The van der Waals surface area contributed by atoms with Gasteiger partial charge in [0.1, 0.15) is 23.2 Å². The maximum Gasteiger partial charge on any atom is 0.255 e. The fourth-order valence-electron chi connectivity index (χ4n) is 4.85. The van der Waals surface area contributed by atoms with E-state index in [0.717, 1.165) is 44.0 Å². The van der Waals surface area contributed by atoms with E-state index < -0.39 is 0 Å². The molecule has 6 rings (SSSR count). The van der Waals surface area contributed by atoms with Crippen LogP contribution in [-0.2, 0) is 6.54 Å². The fraction of sp³-hybridized carbons (Fsp3) is 0.233. The molecule has 0 atom stereocenters. The van der Waals surface area contributed by atoms with Crippen molar-refractivity contribution in [3.63, 3.8) is 0 Å². The van der Waals surface area contributed by atoms with Crippen LogP contribution in [0.5, 0.6) is 0 Å². The lowest BCUT2D eigenvalue weighted by molar-refractivity contribution is 0.102. The van der Waals surface area contributed by atoms with E-state index in [1.165, 1.54) is 11.8 Å². The second-order valence-corrected chi connectivity index (χ2v) is 10.0. The first kappa shape index (κ1) is 24.1. The molecule has 2 N–H and O–H groups in total. The zero-order valence-electron chi connectivity index (χ0n) is 21.5. The second kappa shape index (κ2) is 9.89. The van der Waals surface area contributed by atoms with Gasteiger partial charge in [-0.15, -0.1) is 0 Å². The summed E-state index contributed by atoms with van der Waals surface area (Å²) in [7, 11) is 2.15. The topological polar surface area (TPSA) is 94.5 Å². The maximum atomic E-state index is 13.1. The summed E-state index contributed by atoms with van der Waals surface area (Å²) in [4.78, 5) is 38.6. The molecule has 0 spiro atoms. The normalized spacial score (nSPS) is 14.8. The number of aromatic amines is 1. The van der Waals surface area contributed by atoms with Gasteiger partial charge in [0.2, 0.25) is 5.43 Å². The number of hydrogen-bond acceptors (Lipinski definition) is 6. The van der Waals surface area contributed by atoms with Gasteiger partial charge < -0.3 is 19.6 Å². The third-order valence-corrected chi connectivity index (χ3v) is 7.14. The minimum Gasteiger partial charge on any atom is -0.463 e. The molecule has 1 amide bonds. The van der Waals surface area contributed by atoms with Gasteiger partial charge in [0.25, 0.3) is 5.91 Å². The number of piperazine rings is 1. The summed E-state index contributed by atoms with van der Waals surface area (Å²) in [6.45, 7) is 7.16. The molecule has 8 nitrogen and oxygen atoms in total. The van der Waals surface area contributed by atoms with Gasteiger partial charge in [-0.05, 0) is 62.0 Å². The lowest BCUT2D eigenvalue weighted by Crippen LogP contribution is -2.43. The Kier molecular flexibility index (Phi) is 6.27. The molecule has 1 fully saturated rings. The molecule has 0 unspecified atom stereocenters. The van der Waals surface area contributed by atoms with E-state index in [0.29, 0.717) is 39.0 Å². The number of anilines is 1. The highest BCUT2D eigenvalue weighted by Gasteiger charge is 2.16. The highest BCUT2D eigenvalue weighted by molar-refractivity contribution is 6.06. The Bertz CT molecular complexity index is 1700. The van der Waals surface area contributed by atoms with Gasteiger partial charge in [-0.2, -0.15) is 0 Å². The first-order valence-corrected chi connectivity index (χ1v) is 12.8. The monoisotopic (exact) mass is 507 g/mol. The van der Waals surface area contributed by atoms with Crippen LogP contribution >= 0.6 is 0 Å². The fourth-order valence-corrected chi connectivity index (χ4v) is 4.85. The molecule has 192 valence electrons. The maximum absolute atomic E-state index is 13.1. The number of nitrogens with one attached hydrogen (secondary N) is 2. The summed E-state index contributed by atoms with van der Waals surface area (Å²) in [5, 5.41) is 3.49. The standard InChI is InChI=1S/C30H29N5O3/c1-19-3-10-27-23(15-19)28(36)24(18-38-27)29-32-25-9-6-21(16-26(25)33-29)30(37)31-22-7-4-20(5-8-22)17-35-13-11-34(2)12-14-35/h3-10,15-16,18H,11-14,17H2,1-2H3,(H,31,37)(H,32,33). The third-order valence-electron chi connectivity index (χ3n) is 7.14. The zero-order chi connectivity index (χ0) is 26.2. The molecule has 1 saturated heterocycles. The Morgan fingerprint density at radius 3 is 2.61 bits per heavy atom. The molecule has 0 aliphatic carbocycles. The van der Waals surface area contributed by atoms with Gasteiger partial charge in [-0.1, -0.05) is 23.8 Å². The number of rotatable bonds is 5. The zero-order valence-corrected chi connectivity index (χ0v) is 21.5. The minimum atomic E-state index is -0.212. The van der Waals surface area contributed by atoms with Crippen molar-refractivity contribution in [1.82, 2.24) is 19.8 Å². The third kappa shape index (κ3) is 4.83. The molecule has 0 radical (unpaired) electrons. The van der Waals surface area contributed by atoms with E-state index in [1.54, 1.807) is 24.3 Å². The Balaban J connectivity index is 1.18. The number of carbonyl (C=O) groups excluding carboxylic acids is 1. The van der Waals surface area contributed by atoms with Crippen molar-refractivity contribution in [2.24, 2.45) is 0 Å². The number of likely N-dealkylation sites (N-methyl/N-ethyl adjacent to an activating group) is 1. The van der Waals surface area contributed by atoms with Crippen LogP contribution in [0.3, 0.4) is 0 Å². The van der Waals surface area contributed by atoms with Gasteiger partial charge in [0.15, 0.2) is 0 Å². The molecular weight excluding hydrogens is 478 g/mol. The van der Waals surface area contributed by atoms with Crippen molar-refractivity contribution in [3.05, 3.63) is 93.8 Å². The number of benzene rings is 3. The molecule has 38 heavy (non-hydrogen) atoms. The van der Waals surface area contributed by atoms with Crippen LogP contribution in [0, 0.1) is 6.92 Å². The minimum absolute atomic E-state index is 0.150. The average molecular weight is 508 g/mol. The predicted molar refractivity (Wildman–Crippen MR) is 149 cm³/mol. The van der Waals surface area contributed by atoms with Crippen LogP contribution in [0.25, 0.3) is 33.4 Å². The summed E-state index contributed by atoms with van der Waals surface area (Å²) in [6.07, 6.45) is 1.43. The van der Waals surface area contributed by atoms with Crippen LogP contribution in [0.4, 0.5) is 5.69 Å². The van der Waals surface area contributed by atoms with Gasteiger partial charge in [0.05, 0.1) is 16.4 Å². The number of aromatic nitrogens is 2. The van der Waals surface area contributed by atoms with Gasteiger partial charge in [0, 0.05) is 44.0 Å². The number of hydrogen-bond donors (Lipinski definition) is 2. The number of aryl methyl sites for hydroxylation is 1. The molecule has 8 heteroatoms. The van der Waals surface area contributed by atoms with Gasteiger partial charge in [-0.25, -0.2) is 4.98 Å². The smallest absolute Gasteiger partial charge is 0.255 e. The average Bonchev–Trinajstić information content (AvgIpc) is 3.35. The van der Waals surface area contributed by atoms with Crippen molar-refractivity contribution in [2.75, 3.05) is 38.5 Å². The highest BCUT2D eigenvalue weighted by Crippen LogP contribution is 2.23. The van der Waals surface area contributed by atoms with Gasteiger partial charge in [-0.3, -0.25) is 14.5 Å². The molecule has 3 aromatic carbocycles. The number of imidazole rings is 1. The number of nitrogens with zero attached hydrogens (tertiary/aromatic N) is 3. The van der Waals surface area contributed by atoms with Crippen LogP contribution in [0.15, 0.2) is 76.1 Å². The van der Waals surface area contributed by atoms with E-state index in [9.17, 15) is 9.59 Å². The first-order chi connectivity index (χ1) is 18.4. The van der Waals surface area contributed by atoms with Crippen molar-refractivity contribution >= 4 is 33.6 Å². The predicted octanol–water partition coefficient (Wildman–Crippen LogP) is 4.64. The largest absolute Gasteiger partial charge is 0.463 e. The quantitative estimate of drug-likeness (QED) is 0.360. The summed E-state index contributed by atoms with van der Waals surface area (Å²) in [6, 6.07) is 18.8. The van der Waals surface area contributed by atoms with Gasteiger partial charge >= 0.3 is 0 Å². The van der Waals surface area contributed by atoms with E-state index in [1.807, 2.05) is 31.2 Å².